The molecule has 134 valence electrons. The fourth-order valence-electron chi connectivity index (χ4n) is 2.61. The molecule has 0 spiro atoms. The van der Waals surface area contributed by atoms with E-state index in [0.29, 0.717) is 30.0 Å². The summed E-state index contributed by atoms with van der Waals surface area (Å²) in [5.74, 6) is 0.250. The van der Waals surface area contributed by atoms with Gasteiger partial charge < -0.3 is 14.5 Å². The van der Waals surface area contributed by atoms with Crippen molar-refractivity contribution < 1.29 is 23.5 Å². The minimum Gasteiger partial charge on any atom is -0.465 e. The number of methoxy groups -OCH3 is 1. The van der Waals surface area contributed by atoms with Gasteiger partial charge in [0, 0.05) is 18.2 Å². The van der Waals surface area contributed by atoms with Crippen molar-refractivity contribution in [2.45, 2.75) is 13.3 Å². The Balaban J connectivity index is 1.79. The molecule has 2 heterocycles. The van der Waals surface area contributed by atoms with Crippen LogP contribution >= 0.6 is 0 Å². The van der Waals surface area contributed by atoms with E-state index < -0.39 is 12.0 Å². The van der Waals surface area contributed by atoms with E-state index in [1.807, 2.05) is 6.92 Å². The van der Waals surface area contributed by atoms with Crippen molar-refractivity contribution in [1.82, 2.24) is 10.2 Å². The lowest BCUT2D eigenvalue weighted by atomic mass is 10.1. The molecule has 1 aromatic heterocycles. The predicted octanol–water partition coefficient (Wildman–Crippen LogP) is 3.04. The van der Waals surface area contributed by atoms with E-state index in [2.05, 4.69) is 10.1 Å². The lowest BCUT2D eigenvalue weighted by molar-refractivity contribution is -0.122. The molecule has 1 saturated heterocycles. The van der Waals surface area contributed by atoms with E-state index in [9.17, 15) is 14.4 Å². The third-order valence-corrected chi connectivity index (χ3v) is 3.91. The summed E-state index contributed by atoms with van der Waals surface area (Å²) in [6.07, 6.45) is 2.20. The third kappa shape index (κ3) is 3.37. The molecule has 0 unspecified atom stereocenters. The van der Waals surface area contributed by atoms with Crippen LogP contribution in [0.1, 0.15) is 29.5 Å². The zero-order valence-electron chi connectivity index (χ0n) is 14.4. The molecule has 26 heavy (non-hydrogen) atoms. The summed E-state index contributed by atoms with van der Waals surface area (Å²) >= 11 is 0. The van der Waals surface area contributed by atoms with Crippen LogP contribution in [0.4, 0.5) is 4.79 Å². The van der Waals surface area contributed by atoms with E-state index >= 15 is 0 Å². The molecule has 7 heteroatoms. The fourth-order valence-corrected chi connectivity index (χ4v) is 2.61. The van der Waals surface area contributed by atoms with Crippen molar-refractivity contribution >= 4 is 24.0 Å². The Hall–Kier alpha value is -3.35. The number of urea groups is 1. The van der Waals surface area contributed by atoms with Crippen molar-refractivity contribution in [2.24, 2.45) is 0 Å². The highest BCUT2D eigenvalue weighted by Crippen LogP contribution is 2.24. The average molecular weight is 354 g/mol. The molecular formula is C19H18N2O5. The average Bonchev–Trinajstić information content (AvgIpc) is 3.22. The smallest absolute Gasteiger partial charge is 0.337 e. The molecule has 1 aromatic carbocycles. The number of nitrogens with zero attached hydrogens (tertiary/aromatic N) is 1. The van der Waals surface area contributed by atoms with E-state index in [0.717, 1.165) is 5.56 Å². The van der Waals surface area contributed by atoms with Crippen LogP contribution in [0.15, 0.2) is 46.5 Å². The van der Waals surface area contributed by atoms with Crippen LogP contribution in [-0.2, 0) is 9.53 Å². The summed E-state index contributed by atoms with van der Waals surface area (Å²) < 4.78 is 10.4. The number of hydrogen-bond acceptors (Lipinski definition) is 5. The zero-order valence-corrected chi connectivity index (χ0v) is 14.4. The molecule has 1 aliphatic rings. The molecule has 7 nitrogen and oxygen atoms in total. The van der Waals surface area contributed by atoms with Crippen LogP contribution in [0.2, 0.25) is 0 Å². The van der Waals surface area contributed by atoms with Crippen LogP contribution < -0.4 is 5.32 Å². The van der Waals surface area contributed by atoms with Crippen molar-refractivity contribution in [3.05, 3.63) is 53.4 Å². The van der Waals surface area contributed by atoms with Crippen LogP contribution in [-0.4, -0.2) is 36.5 Å². The molecule has 3 amide bonds. The first-order valence-corrected chi connectivity index (χ1v) is 8.16. The van der Waals surface area contributed by atoms with Gasteiger partial charge in [-0.05, 0) is 30.7 Å². The second kappa shape index (κ2) is 7.26. The van der Waals surface area contributed by atoms with Crippen LogP contribution in [0.3, 0.4) is 0 Å². The Bertz CT molecular complexity index is 880. The number of carbonyl (C=O) groups is 3. The Morgan fingerprint density at radius 3 is 2.58 bits per heavy atom. The number of hydrogen-bond donors (Lipinski definition) is 1. The molecule has 1 aliphatic heterocycles. The summed E-state index contributed by atoms with van der Waals surface area (Å²) in [5, 5.41) is 2.55. The topological polar surface area (TPSA) is 88.8 Å². The normalized spacial score (nSPS) is 15.5. The van der Waals surface area contributed by atoms with E-state index in [1.165, 1.54) is 18.1 Å². The minimum absolute atomic E-state index is 0.186. The summed E-state index contributed by atoms with van der Waals surface area (Å²) in [5.41, 5.74) is 1.41. The number of benzene rings is 1. The monoisotopic (exact) mass is 354 g/mol. The zero-order chi connectivity index (χ0) is 18.7. The molecule has 0 radical (unpaired) electrons. The second-order valence-electron chi connectivity index (χ2n) is 5.72. The number of esters is 1. The van der Waals surface area contributed by atoms with Gasteiger partial charge in [-0.25, -0.2) is 9.59 Å². The summed E-state index contributed by atoms with van der Waals surface area (Å²) in [4.78, 5) is 36.6. The van der Waals surface area contributed by atoms with Crippen molar-refractivity contribution in [1.29, 1.82) is 0 Å². The Morgan fingerprint density at radius 1 is 1.19 bits per heavy atom. The number of carbonyl (C=O) groups excluding carboxylic acids is 3. The predicted molar refractivity (Wildman–Crippen MR) is 94.0 cm³/mol. The van der Waals surface area contributed by atoms with Crippen molar-refractivity contribution in [2.75, 3.05) is 13.7 Å². The Kier molecular flexibility index (Phi) is 4.88. The number of rotatable bonds is 5. The number of imide groups is 1. The molecule has 1 N–H and O–H groups in total. The minimum atomic E-state index is -0.423. The summed E-state index contributed by atoms with van der Waals surface area (Å²) in [7, 11) is 1.33. The second-order valence-corrected chi connectivity index (χ2v) is 5.72. The molecule has 0 bridgehead atoms. The number of ether oxygens (including phenoxy) is 1. The maximum atomic E-state index is 12.2. The fraction of sp³-hybridized carbons (Fsp3) is 0.211. The van der Waals surface area contributed by atoms with Crippen LogP contribution in [0, 0.1) is 0 Å². The quantitative estimate of drug-likeness (QED) is 0.506. The highest BCUT2D eigenvalue weighted by molar-refractivity contribution is 6.13. The lowest BCUT2D eigenvalue weighted by Gasteiger charge is -2.08. The van der Waals surface area contributed by atoms with E-state index in [1.54, 1.807) is 36.4 Å². The van der Waals surface area contributed by atoms with Gasteiger partial charge in [0.2, 0.25) is 0 Å². The van der Waals surface area contributed by atoms with Crippen LogP contribution in [0.5, 0.6) is 0 Å². The first kappa shape index (κ1) is 17.5. The summed E-state index contributed by atoms with van der Waals surface area (Å²) in [6, 6.07) is 9.81. The van der Waals surface area contributed by atoms with Gasteiger partial charge in [0.1, 0.15) is 17.2 Å². The van der Waals surface area contributed by atoms with Crippen molar-refractivity contribution in [3.8, 4) is 11.3 Å². The number of amides is 3. The third-order valence-electron chi connectivity index (χ3n) is 3.91. The maximum absolute atomic E-state index is 12.2. The van der Waals surface area contributed by atoms with Gasteiger partial charge in [0.05, 0.1) is 12.7 Å². The highest BCUT2D eigenvalue weighted by Gasteiger charge is 2.32. The lowest BCUT2D eigenvalue weighted by Crippen LogP contribution is -2.31. The number of nitrogens with one attached hydrogen (secondary N) is 1. The van der Waals surface area contributed by atoms with Gasteiger partial charge in [-0.2, -0.15) is 0 Å². The Labute approximate surface area is 150 Å². The molecular weight excluding hydrogens is 336 g/mol. The first-order chi connectivity index (χ1) is 12.5. The van der Waals surface area contributed by atoms with E-state index in [-0.39, 0.29) is 11.6 Å². The largest absolute Gasteiger partial charge is 0.465 e. The van der Waals surface area contributed by atoms with Crippen LogP contribution in [0.25, 0.3) is 17.4 Å². The molecule has 3 rings (SSSR count). The first-order valence-electron chi connectivity index (χ1n) is 8.16. The molecule has 2 aromatic rings. The standard InChI is InChI=1S/C19H18N2O5/c1-3-10-21-17(22)15(20-19(21)24)11-14-8-9-16(26-14)12-4-6-13(7-5-12)18(23)25-2/h4-9,11H,3,10H2,1-2H3,(H,20,24)/b15-11+. The van der Waals surface area contributed by atoms with Gasteiger partial charge in [-0.3, -0.25) is 9.69 Å². The van der Waals surface area contributed by atoms with Gasteiger partial charge in [0.15, 0.2) is 0 Å². The Morgan fingerprint density at radius 2 is 1.92 bits per heavy atom. The van der Waals surface area contributed by atoms with Gasteiger partial charge in [-0.1, -0.05) is 19.1 Å². The number of furan rings is 1. The van der Waals surface area contributed by atoms with Gasteiger partial charge >= 0.3 is 12.0 Å². The summed E-state index contributed by atoms with van der Waals surface area (Å²) in [6.45, 7) is 2.27. The maximum Gasteiger partial charge on any atom is 0.337 e. The van der Waals surface area contributed by atoms with Crippen molar-refractivity contribution in [3.63, 3.8) is 0 Å². The highest BCUT2D eigenvalue weighted by atomic mass is 16.5. The molecule has 0 aliphatic carbocycles. The van der Waals surface area contributed by atoms with Gasteiger partial charge in [0.25, 0.3) is 5.91 Å². The van der Waals surface area contributed by atoms with Gasteiger partial charge in [-0.15, -0.1) is 0 Å². The van der Waals surface area contributed by atoms with E-state index in [4.69, 9.17) is 4.42 Å². The molecule has 0 saturated carbocycles. The molecule has 0 atom stereocenters. The SMILES string of the molecule is CCCN1C(=O)N/C(=C/c2ccc(-c3ccc(C(=O)OC)cc3)o2)C1=O. The molecule has 1 fully saturated rings.